The number of hydrogen-bond acceptors (Lipinski definition) is 4. The van der Waals surface area contributed by atoms with Gasteiger partial charge in [-0.1, -0.05) is 24.3 Å². The predicted molar refractivity (Wildman–Crippen MR) is 127 cm³/mol. The number of thioether (sulfide) groups is 1. The van der Waals surface area contributed by atoms with Crippen LogP contribution in [-0.2, 0) is 16.2 Å². The molecule has 3 aromatic rings. The first-order valence-corrected chi connectivity index (χ1v) is 11.6. The third kappa shape index (κ3) is 3.56. The van der Waals surface area contributed by atoms with Crippen molar-refractivity contribution < 1.29 is 23.1 Å². The van der Waals surface area contributed by atoms with Crippen LogP contribution < -0.4 is 15.0 Å². The third-order valence-corrected chi connectivity index (χ3v) is 7.43. The van der Waals surface area contributed by atoms with E-state index in [1.165, 1.54) is 22.7 Å². The molecule has 1 N–H and O–H groups in total. The van der Waals surface area contributed by atoms with Crippen molar-refractivity contribution in [2.45, 2.75) is 11.4 Å². The lowest BCUT2D eigenvalue weighted by atomic mass is 10.1. The Kier molecular flexibility index (Phi) is 5.65. The number of anilines is 2. The van der Waals surface area contributed by atoms with Crippen LogP contribution in [0.3, 0.4) is 0 Å². The molecule has 0 radical (unpaired) electrons. The molecule has 5 rings (SSSR count). The van der Waals surface area contributed by atoms with Crippen molar-refractivity contribution in [1.82, 2.24) is 4.90 Å². The fourth-order valence-corrected chi connectivity index (χ4v) is 5.87. The van der Waals surface area contributed by atoms with Crippen LogP contribution >= 0.6 is 11.8 Å². The maximum Gasteiger partial charge on any atom is 0.323 e. The molecule has 1 fully saturated rings. The van der Waals surface area contributed by atoms with Gasteiger partial charge in [0.25, 0.3) is 5.91 Å². The highest BCUT2D eigenvalue weighted by Gasteiger charge is 2.59. The highest BCUT2D eigenvalue weighted by molar-refractivity contribution is 8.01. The molecule has 0 aliphatic carbocycles. The molecule has 6 nitrogen and oxygen atoms in total. The van der Waals surface area contributed by atoms with E-state index >= 15 is 0 Å². The van der Waals surface area contributed by atoms with Crippen molar-refractivity contribution >= 4 is 35.1 Å². The topological polar surface area (TPSA) is 61.9 Å². The third-order valence-electron chi connectivity index (χ3n) is 6.01. The summed E-state index contributed by atoms with van der Waals surface area (Å²) in [6.07, 6.45) is 0. The zero-order valence-corrected chi connectivity index (χ0v) is 19.1. The Balaban J connectivity index is 1.47. The van der Waals surface area contributed by atoms with E-state index < -0.39 is 22.5 Å². The number of hydrogen-bond donors (Lipinski definition) is 1. The SMILES string of the molecule is COc1ccc(NC(=O)N2CCS[C@@]23C(=O)N(Cc2ccc(F)c(F)c2)c2ccccc23)cc1. The van der Waals surface area contributed by atoms with Gasteiger partial charge in [0, 0.05) is 23.5 Å². The molecule has 1 atom stereocenters. The van der Waals surface area contributed by atoms with Gasteiger partial charge in [-0.25, -0.2) is 13.6 Å². The second kappa shape index (κ2) is 8.64. The quantitative estimate of drug-likeness (QED) is 0.573. The molecule has 0 unspecified atom stereocenters. The molecule has 1 saturated heterocycles. The van der Waals surface area contributed by atoms with Crippen molar-refractivity contribution in [3.63, 3.8) is 0 Å². The number of urea groups is 1. The van der Waals surface area contributed by atoms with Gasteiger partial charge in [0.05, 0.1) is 19.3 Å². The second-order valence-electron chi connectivity index (χ2n) is 7.96. The number of nitrogens with one attached hydrogen (secondary N) is 1. The van der Waals surface area contributed by atoms with Gasteiger partial charge >= 0.3 is 6.03 Å². The fraction of sp³-hybridized carbons (Fsp3) is 0.200. The lowest BCUT2D eigenvalue weighted by Crippen LogP contribution is -2.51. The van der Waals surface area contributed by atoms with Crippen molar-refractivity contribution in [1.29, 1.82) is 0 Å². The van der Waals surface area contributed by atoms with Crippen LogP contribution in [0.25, 0.3) is 0 Å². The number of rotatable bonds is 4. The smallest absolute Gasteiger partial charge is 0.323 e. The zero-order valence-electron chi connectivity index (χ0n) is 18.3. The fourth-order valence-electron chi connectivity index (χ4n) is 4.41. The minimum atomic E-state index is -1.23. The maximum atomic E-state index is 13.9. The predicted octanol–water partition coefficient (Wildman–Crippen LogP) is 4.95. The molecular weight excluding hydrogens is 460 g/mol. The van der Waals surface area contributed by atoms with Crippen molar-refractivity contribution in [2.24, 2.45) is 0 Å². The summed E-state index contributed by atoms with van der Waals surface area (Å²) in [4.78, 5) is 29.1. The van der Waals surface area contributed by atoms with E-state index in [0.29, 0.717) is 40.5 Å². The molecule has 2 aliphatic heterocycles. The maximum absolute atomic E-state index is 13.9. The van der Waals surface area contributed by atoms with Gasteiger partial charge in [0.1, 0.15) is 5.75 Å². The van der Waals surface area contributed by atoms with E-state index in [0.717, 1.165) is 12.1 Å². The van der Waals surface area contributed by atoms with Crippen LogP contribution in [0.2, 0.25) is 0 Å². The molecule has 2 aliphatic rings. The Morgan fingerprint density at radius 1 is 1.09 bits per heavy atom. The summed E-state index contributed by atoms with van der Waals surface area (Å²) in [5, 5.41) is 2.87. The van der Waals surface area contributed by atoms with Gasteiger partial charge in [0.2, 0.25) is 0 Å². The van der Waals surface area contributed by atoms with Gasteiger partial charge in [-0.2, -0.15) is 0 Å². The van der Waals surface area contributed by atoms with Gasteiger partial charge in [-0.05, 0) is 48.0 Å². The van der Waals surface area contributed by atoms with Crippen molar-refractivity contribution in [2.75, 3.05) is 29.6 Å². The Morgan fingerprint density at radius 3 is 2.59 bits per heavy atom. The zero-order chi connectivity index (χ0) is 23.9. The van der Waals surface area contributed by atoms with E-state index in [1.54, 1.807) is 42.3 Å². The number of carbonyl (C=O) groups excluding carboxylic acids is 2. The van der Waals surface area contributed by atoms with Crippen LogP contribution in [0.15, 0.2) is 66.7 Å². The molecule has 3 amide bonds. The average Bonchev–Trinajstić information content (AvgIpc) is 3.39. The molecule has 0 aromatic heterocycles. The number of benzene rings is 3. The first-order chi connectivity index (χ1) is 16.4. The van der Waals surface area contributed by atoms with Gasteiger partial charge in [-0.15, -0.1) is 11.8 Å². The number of carbonyl (C=O) groups is 2. The molecule has 9 heteroatoms. The van der Waals surface area contributed by atoms with Crippen molar-refractivity contribution in [3.8, 4) is 5.75 Å². The largest absolute Gasteiger partial charge is 0.497 e. The summed E-state index contributed by atoms with van der Waals surface area (Å²) >= 11 is 1.40. The highest BCUT2D eigenvalue weighted by atomic mass is 32.2. The Morgan fingerprint density at radius 2 is 1.85 bits per heavy atom. The first-order valence-electron chi connectivity index (χ1n) is 10.7. The molecule has 174 valence electrons. The van der Waals surface area contributed by atoms with E-state index in [1.807, 2.05) is 18.2 Å². The Labute approximate surface area is 199 Å². The number of amides is 3. The van der Waals surface area contributed by atoms with Crippen LogP contribution in [-0.4, -0.2) is 36.2 Å². The highest BCUT2D eigenvalue weighted by Crippen LogP contribution is 2.54. The molecule has 34 heavy (non-hydrogen) atoms. The Hall–Kier alpha value is -3.59. The average molecular weight is 482 g/mol. The van der Waals surface area contributed by atoms with Crippen LogP contribution in [0.4, 0.5) is 25.0 Å². The molecular formula is C25H21F2N3O3S. The number of halogens is 2. The van der Waals surface area contributed by atoms with E-state index in [4.69, 9.17) is 4.74 Å². The summed E-state index contributed by atoms with van der Waals surface area (Å²) in [5.41, 5.74) is 2.38. The number of methoxy groups -OCH3 is 1. The normalized spacial score (nSPS) is 19.0. The van der Waals surface area contributed by atoms with Gasteiger partial charge in [0.15, 0.2) is 16.5 Å². The minimum Gasteiger partial charge on any atom is -0.497 e. The van der Waals surface area contributed by atoms with E-state index in [-0.39, 0.29) is 12.5 Å². The standard InChI is InChI=1S/C25H21F2N3O3S/c1-33-18-9-7-17(8-10-18)28-24(32)30-12-13-34-25(30)19-4-2-3-5-22(19)29(23(25)31)15-16-6-11-20(26)21(27)14-16/h2-11,14H,12-13,15H2,1H3,(H,28,32)/t25-/m0/s1. The molecule has 0 saturated carbocycles. The molecule has 2 heterocycles. The lowest BCUT2D eigenvalue weighted by Gasteiger charge is -2.33. The van der Waals surface area contributed by atoms with Crippen LogP contribution in [0.5, 0.6) is 5.75 Å². The summed E-state index contributed by atoms with van der Waals surface area (Å²) < 4.78 is 32.4. The summed E-state index contributed by atoms with van der Waals surface area (Å²) in [6, 6.07) is 17.4. The molecule has 3 aromatic carbocycles. The minimum absolute atomic E-state index is 0.0588. The van der Waals surface area contributed by atoms with E-state index in [2.05, 4.69) is 5.32 Å². The number of ether oxygens (including phenoxy) is 1. The van der Waals surface area contributed by atoms with E-state index in [9.17, 15) is 18.4 Å². The number of fused-ring (bicyclic) bond motifs is 2. The summed E-state index contributed by atoms with van der Waals surface area (Å²) in [7, 11) is 1.56. The van der Waals surface area contributed by atoms with Crippen molar-refractivity contribution in [3.05, 3.63) is 89.5 Å². The second-order valence-corrected chi connectivity index (χ2v) is 9.25. The van der Waals surface area contributed by atoms with Gasteiger partial charge in [-0.3, -0.25) is 9.69 Å². The van der Waals surface area contributed by atoms with Crippen LogP contribution in [0, 0.1) is 11.6 Å². The van der Waals surface area contributed by atoms with Gasteiger partial charge < -0.3 is 15.0 Å². The molecule has 1 spiro atoms. The monoisotopic (exact) mass is 481 g/mol. The lowest BCUT2D eigenvalue weighted by molar-refractivity contribution is -0.123. The summed E-state index contributed by atoms with van der Waals surface area (Å²) in [5.74, 6) is -0.955. The number of para-hydroxylation sites is 1. The Bertz CT molecular complexity index is 1270. The summed E-state index contributed by atoms with van der Waals surface area (Å²) in [6.45, 7) is 0.440. The first kappa shape index (κ1) is 22.2. The van der Waals surface area contributed by atoms with Crippen LogP contribution in [0.1, 0.15) is 11.1 Å². The number of nitrogens with zero attached hydrogens (tertiary/aromatic N) is 2. The molecule has 0 bridgehead atoms.